The summed E-state index contributed by atoms with van der Waals surface area (Å²) in [5.74, 6) is 0.233. The SMILES string of the molecule is Cl.O=C(NCC1CNCC1O)C1(c2cccc(Br)c2)CCCCC1. The molecule has 0 radical (unpaired) electrons. The summed E-state index contributed by atoms with van der Waals surface area (Å²) in [5.41, 5.74) is 0.688. The first-order valence-corrected chi connectivity index (χ1v) is 9.34. The second-order valence-electron chi connectivity index (χ2n) is 6.85. The highest BCUT2D eigenvalue weighted by atomic mass is 79.9. The molecule has 0 spiro atoms. The van der Waals surface area contributed by atoms with Gasteiger partial charge in [-0.15, -0.1) is 12.4 Å². The van der Waals surface area contributed by atoms with Gasteiger partial charge in [-0.2, -0.15) is 0 Å². The van der Waals surface area contributed by atoms with Gasteiger partial charge < -0.3 is 15.7 Å². The van der Waals surface area contributed by atoms with Crippen LogP contribution in [-0.4, -0.2) is 36.8 Å². The van der Waals surface area contributed by atoms with E-state index in [0.29, 0.717) is 13.1 Å². The van der Waals surface area contributed by atoms with Gasteiger partial charge in [0.15, 0.2) is 0 Å². The summed E-state index contributed by atoms with van der Waals surface area (Å²) in [6, 6.07) is 8.16. The van der Waals surface area contributed by atoms with Crippen LogP contribution >= 0.6 is 28.3 Å². The van der Waals surface area contributed by atoms with Crippen molar-refractivity contribution >= 4 is 34.2 Å². The molecule has 24 heavy (non-hydrogen) atoms. The average molecular weight is 418 g/mol. The van der Waals surface area contributed by atoms with Crippen LogP contribution in [-0.2, 0) is 10.2 Å². The van der Waals surface area contributed by atoms with Crippen molar-refractivity contribution in [2.45, 2.75) is 43.6 Å². The van der Waals surface area contributed by atoms with Gasteiger partial charge in [0.1, 0.15) is 0 Å². The molecular formula is C18H26BrClN2O2. The lowest BCUT2D eigenvalue weighted by atomic mass is 9.68. The van der Waals surface area contributed by atoms with E-state index in [1.807, 2.05) is 12.1 Å². The molecule has 3 rings (SSSR count). The molecule has 1 amide bonds. The van der Waals surface area contributed by atoms with Gasteiger partial charge in [0.05, 0.1) is 11.5 Å². The molecule has 1 heterocycles. The Morgan fingerprint density at radius 1 is 1.29 bits per heavy atom. The molecule has 1 aliphatic heterocycles. The lowest BCUT2D eigenvalue weighted by Gasteiger charge is -2.37. The van der Waals surface area contributed by atoms with Gasteiger partial charge in [0.2, 0.25) is 5.91 Å². The summed E-state index contributed by atoms with van der Waals surface area (Å²) >= 11 is 3.53. The summed E-state index contributed by atoms with van der Waals surface area (Å²) in [4.78, 5) is 13.1. The van der Waals surface area contributed by atoms with Crippen molar-refractivity contribution in [2.75, 3.05) is 19.6 Å². The molecule has 1 saturated carbocycles. The third-order valence-corrected chi connectivity index (χ3v) is 5.84. The first-order chi connectivity index (χ1) is 11.1. The molecule has 1 aliphatic carbocycles. The number of carbonyl (C=O) groups excluding carboxylic acids is 1. The number of benzene rings is 1. The Morgan fingerprint density at radius 2 is 2.04 bits per heavy atom. The summed E-state index contributed by atoms with van der Waals surface area (Å²) < 4.78 is 1.02. The minimum Gasteiger partial charge on any atom is -0.391 e. The zero-order valence-corrected chi connectivity index (χ0v) is 16.2. The molecule has 0 bridgehead atoms. The number of aliphatic hydroxyl groups excluding tert-OH is 1. The Hall–Kier alpha value is -0.620. The molecule has 1 aromatic carbocycles. The predicted molar refractivity (Wildman–Crippen MR) is 102 cm³/mol. The van der Waals surface area contributed by atoms with E-state index in [1.165, 1.54) is 6.42 Å². The standard InChI is InChI=1S/C18H25BrN2O2.ClH/c19-15-6-4-5-14(9-15)18(7-2-1-3-8-18)17(23)21-11-13-10-20-12-16(13)22;/h4-6,9,13,16,20,22H,1-3,7-8,10-12H2,(H,21,23);1H. The molecule has 134 valence electrons. The van der Waals surface area contributed by atoms with Crippen LogP contribution in [0.4, 0.5) is 0 Å². The fourth-order valence-corrected chi connectivity index (χ4v) is 4.31. The molecule has 4 nitrogen and oxygen atoms in total. The largest absolute Gasteiger partial charge is 0.391 e. The average Bonchev–Trinajstić information content (AvgIpc) is 2.98. The van der Waals surface area contributed by atoms with Gasteiger partial charge in [-0.05, 0) is 30.5 Å². The fraction of sp³-hybridized carbons (Fsp3) is 0.611. The number of nitrogens with one attached hydrogen (secondary N) is 2. The van der Waals surface area contributed by atoms with Crippen molar-refractivity contribution in [3.8, 4) is 0 Å². The van der Waals surface area contributed by atoms with Crippen LogP contribution < -0.4 is 10.6 Å². The number of halogens is 2. The van der Waals surface area contributed by atoms with E-state index in [1.54, 1.807) is 0 Å². The zero-order chi connectivity index (χ0) is 16.3. The van der Waals surface area contributed by atoms with E-state index in [0.717, 1.165) is 42.3 Å². The Kier molecular flexibility index (Phi) is 7.10. The van der Waals surface area contributed by atoms with E-state index >= 15 is 0 Å². The molecule has 1 saturated heterocycles. The summed E-state index contributed by atoms with van der Waals surface area (Å²) in [6.45, 7) is 1.94. The molecule has 6 heteroatoms. The van der Waals surface area contributed by atoms with Crippen molar-refractivity contribution in [3.63, 3.8) is 0 Å². The Bertz CT molecular complexity index is 564. The Morgan fingerprint density at radius 3 is 2.67 bits per heavy atom. The Labute approximate surface area is 158 Å². The zero-order valence-electron chi connectivity index (χ0n) is 13.8. The van der Waals surface area contributed by atoms with Crippen molar-refractivity contribution in [1.29, 1.82) is 0 Å². The highest BCUT2D eigenvalue weighted by Gasteiger charge is 2.41. The van der Waals surface area contributed by atoms with Crippen molar-refractivity contribution in [1.82, 2.24) is 10.6 Å². The molecule has 0 aromatic heterocycles. The molecule has 3 N–H and O–H groups in total. The minimum absolute atomic E-state index is 0. The Balaban J connectivity index is 0.00000208. The molecular weight excluding hydrogens is 392 g/mol. The molecule has 1 aromatic rings. The smallest absolute Gasteiger partial charge is 0.230 e. The number of rotatable bonds is 4. The second kappa shape index (κ2) is 8.65. The third kappa shape index (κ3) is 4.13. The van der Waals surface area contributed by atoms with Crippen molar-refractivity contribution in [2.24, 2.45) is 5.92 Å². The predicted octanol–water partition coefficient (Wildman–Crippen LogP) is 2.77. The summed E-state index contributed by atoms with van der Waals surface area (Å²) in [5, 5.41) is 16.2. The van der Waals surface area contributed by atoms with Gasteiger partial charge >= 0.3 is 0 Å². The molecule has 2 fully saturated rings. The number of hydrogen-bond donors (Lipinski definition) is 3. The summed E-state index contributed by atoms with van der Waals surface area (Å²) in [6.07, 6.45) is 4.83. The van der Waals surface area contributed by atoms with E-state index in [4.69, 9.17) is 0 Å². The quantitative estimate of drug-likeness (QED) is 0.706. The van der Waals surface area contributed by atoms with Crippen LogP contribution in [0.3, 0.4) is 0 Å². The van der Waals surface area contributed by atoms with Crippen LogP contribution in [0, 0.1) is 5.92 Å². The monoisotopic (exact) mass is 416 g/mol. The lowest BCUT2D eigenvalue weighted by molar-refractivity contribution is -0.128. The van der Waals surface area contributed by atoms with Gasteiger partial charge in [-0.1, -0.05) is 47.3 Å². The van der Waals surface area contributed by atoms with Crippen molar-refractivity contribution < 1.29 is 9.90 Å². The fourth-order valence-electron chi connectivity index (χ4n) is 3.91. The third-order valence-electron chi connectivity index (χ3n) is 5.35. The van der Waals surface area contributed by atoms with E-state index in [-0.39, 0.29) is 30.3 Å². The first kappa shape index (κ1) is 19.7. The molecule has 2 atom stereocenters. The molecule has 2 unspecified atom stereocenters. The van der Waals surface area contributed by atoms with Gasteiger partial charge in [-0.3, -0.25) is 4.79 Å². The second-order valence-corrected chi connectivity index (χ2v) is 7.76. The topological polar surface area (TPSA) is 61.4 Å². The normalized spacial score (nSPS) is 25.8. The maximum Gasteiger partial charge on any atom is 0.230 e. The number of amides is 1. The van der Waals surface area contributed by atoms with Crippen LogP contribution in [0.5, 0.6) is 0 Å². The maximum absolute atomic E-state index is 13.1. The minimum atomic E-state index is -0.418. The number of aliphatic hydroxyl groups is 1. The lowest BCUT2D eigenvalue weighted by Crippen LogP contribution is -2.48. The van der Waals surface area contributed by atoms with Gasteiger partial charge in [0.25, 0.3) is 0 Å². The van der Waals surface area contributed by atoms with Crippen LogP contribution in [0.2, 0.25) is 0 Å². The van der Waals surface area contributed by atoms with E-state index in [9.17, 15) is 9.90 Å². The number of β-amino-alcohol motifs (C(OH)–C–C–N with tert-alkyl or cyclic N) is 1. The van der Waals surface area contributed by atoms with Gasteiger partial charge in [0, 0.05) is 30.0 Å². The summed E-state index contributed by atoms with van der Waals surface area (Å²) in [7, 11) is 0. The van der Waals surface area contributed by atoms with E-state index in [2.05, 4.69) is 38.7 Å². The highest BCUT2D eigenvalue weighted by Crippen LogP contribution is 2.40. The number of hydrogen-bond acceptors (Lipinski definition) is 3. The van der Waals surface area contributed by atoms with Crippen LogP contribution in [0.25, 0.3) is 0 Å². The highest BCUT2D eigenvalue weighted by molar-refractivity contribution is 9.10. The van der Waals surface area contributed by atoms with Crippen LogP contribution in [0.15, 0.2) is 28.7 Å². The van der Waals surface area contributed by atoms with E-state index < -0.39 is 5.41 Å². The number of carbonyl (C=O) groups is 1. The van der Waals surface area contributed by atoms with Gasteiger partial charge in [-0.25, -0.2) is 0 Å². The van der Waals surface area contributed by atoms with Crippen LogP contribution in [0.1, 0.15) is 37.7 Å². The maximum atomic E-state index is 13.1. The van der Waals surface area contributed by atoms with Crippen molar-refractivity contribution in [3.05, 3.63) is 34.3 Å². The first-order valence-electron chi connectivity index (χ1n) is 8.55. The molecule has 2 aliphatic rings.